The van der Waals surface area contributed by atoms with Crippen molar-refractivity contribution in [1.29, 1.82) is 0 Å². The third-order valence-corrected chi connectivity index (χ3v) is 4.03. The first-order valence-corrected chi connectivity index (χ1v) is 6.86. The van der Waals surface area contributed by atoms with Gasteiger partial charge in [0.2, 0.25) is 0 Å². The summed E-state index contributed by atoms with van der Waals surface area (Å²) in [5.74, 6) is 1.85. The molecule has 1 saturated carbocycles. The fraction of sp³-hybridized carbons (Fsp3) is 0.625. The van der Waals surface area contributed by atoms with Crippen LogP contribution in [0, 0.1) is 12.0 Å². The van der Waals surface area contributed by atoms with Crippen LogP contribution >= 0.6 is 0 Å². The summed E-state index contributed by atoms with van der Waals surface area (Å²) in [7, 11) is 0. The van der Waals surface area contributed by atoms with Crippen molar-refractivity contribution in [3.05, 3.63) is 35.9 Å². The zero-order chi connectivity index (χ0) is 11.2. The van der Waals surface area contributed by atoms with E-state index in [1.54, 1.807) is 0 Å². The summed E-state index contributed by atoms with van der Waals surface area (Å²) in [6, 6.07) is 11.7. The Morgan fingerprint density at radius 3 is 2.35 bits per heavy atom. The van der Waals surface area contributed by atoms with Crippen LogP contribution in [0.1, 0.15) is 63.4 Å². The zero-order valence-electron chi connectivity index (χ0n) is 11.4. The van der Waals surface area contributed by atoms with E-state index in [2.05, 4.69) is 37.3 Å². The van der Waals surface area contributed by atoms with E-state index in [9.17, 15) is 0 Å². The maximum absolute atomic E-state index is 3.11. The molecule has 0 amide bonds. The Morgan fingerprint density at radius 2 is 1.76 bits per heavy atom. The van der Waals surface area contributed by atoms with Gasteiger partial charge in [0.1, 0.15) is 0 Å². The van der Waals surface area contributed by atoms with E-state index in [1.165, 1.54) is 50.5 Å². The Kier molecular flexibility index (Phi) is 7.01. The first kappa shape index (κ1) is 14.9. The summed E-state index contributed by atoms with van der Waals surface area (Å²) in [6.45, 7) is 2.30. The van der Waals surface area contributed by atoms with Gasteiger partial charge in [0.05, 0.1) is 0 Å². The molecule has 0 nitrogen and oxygen atoms in total. The SMILES string of the molecule is CCCCC1CCC(c2cc[c-]cc2)CC1.[Li+]. The Hall–Kier alpha value is -0.183. The van der Waals surface area contributed by atoms with Crippen LogP contribution in [0.2, 0.25) is 0 Å². The second-order valence-corrected chi connectivity index (χ2v) is 5.19. The van der Waals surface area contributed by atoms with Crippen molar-refractivity contribution < 1.29 is 18.9 Å². The van der Waals surface area contributed by atoms with Gasteiger partial charge in [-0.1, -0.05) is 26.2 Å². The maximum atomic E-state index is 3.11. The molecule has 1 fully saturated rings. The molecular formula is C16H23Li. The van der Waals surface area contributed by atoms with Crippen molar-refractivity contribution in [1.82, 2.24) is 0 Å². The Bertz CT molecular complexity index is 286. The van der Waals surface area contributed by atoms with Crippen LogP contribution in [0.25, 0.3) is 0 Å². The smallest absolute Gasteiger partial charge is 0.184 e. The fourth-order valence-corrected chi connectivity index (χ4v) is 2.95. The normalized spacial score (nSPS) is 24.1. The van der Waals surface area contributed by atoms with Crippen LogP contribution in [0.5, 0.6) is 0 Å². The topological polar surface area (TPSA) is 0 Å². The van der Waals surface area contributed by atoms with Crippen molar-refractivity contribution in [2.45, 2.75) is 57.8 Å². The first-order chi connectivity index (χ1) is 7.90. The number of unbranched alkanes of at least 4 members (excludes halogenated alkanes) is 1. The van der Waals surface area contributed by atoms with Gasteiger partial charge < -0.3 is 0 Å². The van der Waals surface area contributed by atoms with Crippen LogP contribution in [0.4, 0.5) is 0 Å². The van der Waals surface area contributed by atoms with Crippen LogP contribution in [-0.2, 0) is 0 Å². The van der Waals surface area contributed by atoms with E-state index in [0.29, 0.717) is 0 Å². The Morgan fingerprint density at radius 1 is 1.12 bits per heavy atom. The second kappa shape index (κ2) is 8.01. The van der Waals surface area contributed by atoms with Crippen molar-refractivity contribution in [2.24, 2.45) is 5.92 Å². The summed E-state index contributed by atoms with van der Waals surface area (Å²) in [4.78, 5) is 0. The molecule has 0 radical (unpaired) electrons. The number of benzene rings is 1. The monoisotopic (exact) mass is 222 g/mol. The van der Waals surface area contributed by atoms with Gasteiger partial charge in [0, 0.05) is 0 Å². The molecule has 0 bridgehead atoms. The predicted octanol–water partition coefficient (Wildman–Crippen LogP) is 1.95. The van der Waals surface area contributed by atoms with Crippen LogP contribution in [0.3, 0.4) is 0 Å². The van der Waals surface area contributed by atoms with Gasteiger partial charge in [-0.2, -0.15) is 35.9 Å². The number of hydrogen-bond acceptors (Lipinski definition) is 0. The zero-order valence-corrected chi connectivity index (χ0v) is 11.4. The second-order valence-electron chi connectivity index (χ2n) is 5.19. The Balaban J connectivity index is 0.00000144. The molecule has 0 N–H and O–H groups in total. The molecule has 0 saturated heterocycles. The molecule has 88 valence electrons. The van der Waals surface area contributed by atoms with Crippen molar-refractivity contribution in [2.75, 3.05) is 0 Å². The van der Waals surface area contributed by atoms with E-state index in [1.807, 2.05) is 0 Å². The third kappa shape index (κ3) is 4.53. The standard InChI is InChI=1S/C16H23.Li/c1-2-3-7-14-10-12-16(13-11-14)15-8-5-4-6-9-15;/h5-6,8-9,14,16H,2-3,7,10-13H2,1H3;/q-1;+1. The molecule has 0 aromatic heterocycles. The molecule has 1 aromatic carbocycles. The molecular weight excluding hydrogens is 199 g/mol. The summed E-state index contributed by atoms with van der Waals surface area (Å²) < 4.78 is 0. The number of rotatable bonds is 4. The fourth-order valence-electron chi connectivity index (χ4n) is 2.95. The van der Waals surface area contributed by atoms with E-state index < -0.39 is 0 Å². The molecule has 0 aliphatic heterocycles. The minimum absolute atomic E-state index is 0. The molecule has 0 heterocycles. The van der Waals surface area contributed by atoms with Crippen LogP contribution in [0.15, 0.2) is 24.3 Å². The van der Waals surface area contributed by atoms with Gasteiger partial charge in [-0.05, 0) is 37.5 Å². The van der Waals surface area contributed by atoms with Gasteiger partial charge >= 0.3 is 18.9 Å². The average Bonchev–Trinajstić information content (AvgIpc) is 2.38. The number of hydrogen-bond donors (Lipinski definition) is 0. The van der Waals surface area contributed by atoms with E-state index in [-0.39, 0.29) is 18.9 Å². The molecule has 1 aliphatic rings. The molecule has 1 aromatic rings. The Labute approximate surface area is 118 Å². The summed E-state index contributed by atoms with van der Waals surface area (Å²) in [5, 5.41) is 0. The van der Waals surface area contributed by atoms with Crippen LogP contribution in [-0.4, -0.2) is 0 Å². The van der Waals surface area contributed by atoms with Crippen LogP contribution < -0.4 is 18.9 Å². The summed E-state index contributed by atoms with van der Waals surface area (Å²) in [6.07, 6.45) is 9.94. The predicted molar refractivity (Wildman–Crippen MR) is 69.5 cm³/mol. The molecule has 2 rings (SSSR count). The minimum Gasteiger partial charge on any atom is -0.184 e. The molecule has 1 heteroatoms. The van der Waals surface area contributed by atoms with Crippen molar-refractivity contribution >= 4 is 0 Å². The maximum Gasteiger partial charge on any atom is 1.00 e. The molecule has 17 heavy (non-hydrogen) atoms. The summed E-state index contributed by atoms with van der Waals surface area (Å²) >= 11 is 0. The van der Waals surface area contributed by atoms with E-state index >= 15 is 0 Å². The van der Waals surface area contributed by atoms with E-state index in [4.69, 9.17) is 0 Å². The quantitative estimate of drug-likeness (QED) is 0.539. The molecule has 0 spiro atoms. The molecule has 1 aliphatic carbocycles. The minimum atomic E-state index is 0. The van der Waals surface area contributed by atoms with Gasteiger partial charge in [-0.25, -0.2) is 0 Å². The molecule has 0 atom stereocenters. The molecule has 0 unspecified atom stereocenters. The van der Waals surface area contributed by atoms with Gasteiger partial charge in [0.15, 0.2) is 0 Å². The van der Waals surface area contributed by atoms with Crippen molar-refractivity contribution in [3.63, 3.8) is 0 Å². The van der Waals surface area contributed by atoms with Crippen molar-refractivity contribution in [3.8, 4) is 0 Å². The van der Waals surface area contributed by atoms with Gasteiger partial charge in [-0.15, -0.1) is 0 Å². The third-order valence-electron chi connectivity index (χ3n) is 4.03. The average molecular weight is 222 g/mol. The van der Waals surface area contributed by atoms with E-state index in [0.717, 1.165) is 11.8 Å². The largest absolute Gasteiger partial charge is 1.00 e. The first-order valence-electron chi connectivity index (χ1n) is 6.86. The van der Waals surface area contributed by atoms with Gasteiger partial charge in [0.25, 0.3) is 0 Å². The van der Waals surface area contributed by atoms with Gasteiger partial charge in [-0.3, -0.25) is 0 Å². The summed E-state index contributed by atoms with van der Waals surface area (Å²) in [5.41, 5.74) is 1.53.